The van der Waals surface area contributed by atoms with Crippen molar-refractivity contribution >= 4 is 5.91 Å². The minimum absolute atomic E-state index is 0.306. The monoisotopic (exact) mass is 238 g/mol. The zero-order chi connectivity index (χ0) is 11.9. The number of nitrogens with one attached hydrogen (secondary N) is 1. The van der Waals surface area contributed by atoms with Gasteiger partial charge in [-0.1, -0.05) is 32.1 Å². The van der Waals surface area contributed by atoms with Crippen molar-refractivity contribution in [3.63, 3.8) is 0 Å². The normalized spacial score (nSPS) is 22.0. The van der Waals surface area contributed by atoms with Crippen LogP contribution in [0.3, 0.4) is 0 Å². The molecule has 3 nitrogen and oxygen atoms in total. The summed E-state index contributed by atoms with van der Waals surface area (Å²) in [6, 6.07) is 0. The van der Waals surface area contributed by atoms with Gasteiger partial charge in [-0.15, -0.1) is 0 Å². The molecule has 1 N–H and O–H groups in total. The molecule has 0 aromatic carbocycles. The van der Waals surface area contributed by atoms with Crippen LogP contribution in [-0.4, -0.2) is 37.0 Å². The molecule has 0 bridgehead atoms. The van der Waals surface area contributed by atoms with E-state index < -0.39 is 0 Å². The van der Waals surface area contributed by atoms with Gasteiger partial charge in [-0.25, -0.2) is 0 Å². The van der Waals surface area contributed by atoms with E-state index in [9.17, 15) is 4.79 Å². The Kier molecular flexibility index (Phi) is 5.30. The first-order chi connectivity index (χ1) is 8.36. The van der Waals surface area contributed by atoms with Gasteiger partial charge in [0.1, 0.15) is 0 Å². The van der Waals surface area contributed by atoms with Crippen LogP contribution in [0.1, 0.15) is 51.4 Å². The van der Waals surface area contributed by atoms with Crippen molar-refractivity contribution < 1.29 is 4.79 Å². The number of likely N-dealkylation sites (tertiary alicyclic amines) is 1. The second-order valence-electron chi connectivity index (χ2n) is 5.56. The molecule has 3 heteroatoms. The van der Waals surface area contributed by atoms with E-state index in [1.54, 1.807) is 0 Å². The molecule has 1 amide bonds. The number of nitrogens with zero attached hydrogens (tertiary/aromatic N) is 1. The molecule has 1 saturated carbocycles. The minimum atomic E-state index is 0.306. The number of carbonyl (C=O) groups excluding carboxylic acids is 1. The van der Waals surface area contributed by atoms with Gasteiger partial charge in [0, 0.05) is 13.1 Å². The number of amides is 1. The van der Waals surface area contributed by atoms with Gasteiger partial charge in [0.15, 0.2) is 0 Å². The highest BCUT2D eigenvalue weighted by atomic mass is 16.2. The topological polar surface area (TPSA) is 32.3 Å². The molecule has 0 aromatic rings. The fraction of sp³-hybridized carbons (Fsp3) is 0.929. The predicted octanol–water partition coefficient (Wildman–Crippen LogP) is 2.17. The predicted molar refractivity (Wildman–Crippen MR) is 69.9 cm³/mol. The summed E-state index contributed by atoms with van der Waals surface area (Å²) in [6.45, 7) is 3.52. The van der Waals surface area contributed by atoms with E-state index in [-0.39, 0.29) is 0 Å². The largest absolute Gasteiger partial charge is 0.342 e. The first kappa shape index (κ1) is 12.9. The summed E-state index contributed by atoms with van der Waals surface area (Å²) in [5.74, 6) is 1.25. The van der Waals surface area contributed by atoms with E-state index in [0.29, 0.717) is 12.5 Å². The average molecular weight is 238 g/mol. The molecular formula is C14H26N2O. The number of rotatable bonds is 5. The number of hydrogen-bond donors (Lipinski definition) is 1. The van der Waals surface area contributed by atoms with E-state index in [2.05, 4.69) is 5.32 Å². The van der Waals surface area contributed by atoms with Crippen molar-refractivity contribution in [2.24, 2.45) is 5.92 Å². The lowest BCUT2D eigenvalue weighted by Crippen LogP contribution is -2.39. The Morgan fingerprint density at radius 3 is 2.35 bits per heavy atom. The highest BCUT2D eigenvalue weighted by molar-refractivity contribution is 5.78. The average Bonchev–Trinajstić information content (AvgIpc) is 2.54. The van der Waals surface area contributed by atoms with Crippen LogP contribution in [0.5, 0.6) is 0 Å². The molecule has 2 aliphatic rings. The lowest BCUT2D eigenvalue weighted by molar-refractivity contribution is -0.130. The highest BCUT2D eigenvalue weighted by Gasteiger charge is 2.17. The van der Waals surface area contributed by atoms with Crippen LogP contribution in [0.2, 0.25) is 0 Å². The molecule has 0 aromatic heterocycles. The van der Waals surface area contributed by atoms with Crippen molar-refractivity contribution in [3.8, 4) is 0 Å². The van der Waals surface area contributed by atoms with E-state index in [1.165, 1.54) is 51.4 Å². The molecule has 2 fully saturated rings. The fourth-order valence-corrected chi connectivity index (χ4v) is 2.71. The molecule has 0 spiro atoms. The van der Waals surface area contributed by atoms with Gasteiger partial charge < -0.3 is 10.2 Å². The smallest absolute Gasteiger partial charge is 0.236 e. The Morgan fingerprint density at radius 2 is 1.76 bits per heavy atom. The zero-order valence-electron chi connectivity index (χ0n) is 10.9. The van der Waals surface area contributed by atoms with Gasteiger partial charge in [-0.3, -0.25) is 4.79 Å². The van der Waals surface area contributed by atoms with Crippen LogP contribution in [0, 0.1) is 5.92 Å². The van der Waals surface area contributed by atoms with Gasteiger partial charge in [-0.05, 0) is 31.7 Å². The SMILES string of the molecule is O=C(CNCCC1CCC1)N1CCCCCC1. The van der Waals surface area contributed by atoms with Gasteiger partial charge in [0.25, 0.3) is 0 Å². The first-order valence-electron chi connectivity index (χ1n) is 7.35. The second-order valence-corrected chi connectivity index (χ2v) is 5.56. The van der Waals surface area contributed by atoms with E-state index in [0.717, 1.165) is 25.6 Å². The summed E-state index contributed by atoms with van der Waals surface area (Å²) in [6.07, 6.45) is 10.4. The first-order valence-corrected chi connectivity index (χ1v) is 7.35. The molecule has 0 unspecified atom stereocenters. The Hall–Kier alpha value is -0.570. The molecule has 1 heterocycles. The summed E-state index contributed by atoms with van der Waals surface area (Å²) >= 11 is 0. The molecule has 17 heavy (non-hydrogen) atoms. The van der Waals surface area contributed by atoms with Gasteiger partial charge in [-0.2, -0.15) is 0 Å². The Bertz CT molecular complexity index is 230. The van der Waals surface area contributed by atoms with Crippen LogP contribution in [0.25, 0.3) is 0 Å². The van der Waals surface area contributed by atoms with Crippen molar-refractivity contribution in [1.82, 2.24) is 10.2 Å². The molecular weight excluding hydrogens is 212 g/mol. The molecule has 1 aliphatic heterocycles. The molecule has 98 valence electrons. The van der Waals surface area contributed by atoms with Gasteiger partial charge in [0.05, 0.1) is 6.54 Å². The maximum absolute atomic E-state index is 11.9. The molecule has 2 rings (SSSR count). The minimum Gasteiger partial charge on any atom is -0.342 e. The molecule has 0 radical (unpaired) electrons. The summed E-state index contributed by atoms with van der Waals surface area (Å²) in [5.41, 5.74) is 0. The maximum atomic E-state index is 11.9. The lowest BCUT2D eigenvalue weighted by atomic mass is 9.83. The quantitative estimate of drug-likeness (QED) is 0.745. The van der Waals surface area contributed by atoms with Gasteiger partial charge in [0.2, 0.25) is 5.91 Å². The third-order valence-electron chi connectivity index (χ3n) is 4.19. The van der Waals surface area contributed by atoms with E-state index >= 15 is 0 Å². The Labute approximate surface area is 105 Å². The highest BCUT2D eigenvalue weighted by Crippen LogP contribution is 2.28. The molecule has 1 saturated heterocycles. The third-order valence-corrected chi connectivity index (χ3v) is 4.19. The molecule has 0 atom stereocenters. The van der Waals surface area contributed by atoms with Crippen molar-refractivity contribution in [2.45, 2.75) is 51.4 Å². The summed E-state index contributed by atoms with van der Waals surface area (Å²) in [7, 11) is 0. The van der Waals surface area contributed by atoms with Crippen LogP contribution >= 0.6 is 0 Å². The van der Waals surface area contributed by atoms with E-state index in [4.69, 9.17) is 0 Å². The zero-order valence-corrected chi connectivity index (χ0v) is 10.9. The van der Waals surface area contributed by atoms with Crippen LogP contribution < -0.4 is 5.32 Å². The third kappa shape index (κ3) is 4.30. The fourth-order valence-electron chi connectivity index (χ4n) is 2.71. The second kappa shape index (κ2) is 7.00. The van der Waals surface area contributed by atoms with Crippen LogP contribution in [0.4, 0.5) is 0 Å². The summed E-state index contributed by atoms with van der Waals surface area (Å²) < 4.78 is 0. The summed E-state index contributed by atoms with van der Waals surface area (Å²) in [5, 5.41) is 3.31. The standard InChI is InChI=1S/C14H26N2O/c17-14(16-10-3-1-2-4-11-16)12-15-9-8-13-6-5-7-13/h13,15H,1-12H2. The Balaban J connectivity index is 1.55. The maximum Gasteiger partial charge on any atom is 0.236 e. The van der Waals surface area contributed by atoms with E-state index in [1.807, 2.05) is 4.90 Å². The number of hydrogen-bond acceptors (Lipinski definition) is 2. The van der Waals surface area contributed by atoms with Crippen molar-refractivity contribution in [2.75, 3.05) is 26.2 Å². The van der Waals surface area contributed by atoms with Crippen molar-refractivity contribution in [1.29, 1.82) is 0 Å². The summed E-state index contributed by atoms with van der Waals surface area (Å²) in [4.78, 5) is 14.0. The van der Waals surface area contributed by atoms with Gasteiger partial charge >= 0.3 is 0 Å². The van der Waals surface area contributed by atoms with Crippen LogP contribution in [0.15, 0.2) is 0 Å². The molecule has 1 aliphatic carbocycles. The van der Waals surface area contributed by atoms with Crippen LogP contribution in [-0.2, 0) is 4.79 Å². The Morgan fingerprint density at radius 1 is 1.06 bits per heavy atom. The van der Waals surface area contributed by atoms with Crippen molar-refractivity contribution in [3.05, 3.63) is 0 Å². The lowest BCUT2D eigenvalue weighted by Gasteiger charge is -2.25. The number of carbonyl (C=O) groups is 1.